The fourth-order valence-corrected chi connectivity index (χ4v) is 4.16. The molecule has 0 aliphatic heterocycles. The minimum atomic E-state index is -0.652. The molecular weight excluding hydrogens is 386 g/mol. The van der Waals surface area contributed by atoms with Crippen LogP contribution in [0.2, 0.25) is 0 Å². The number of rotatable bonds is 7. The van der Waals surface area contributed by atoms with Crippen LogP contribution in [0.25, 0.3) is 16.6 Å². The number of ether oxygens (including phenoxy) is 1. The molecule has 8 nitrogen and oxygen atoms in total. The number of hydrogen-bond acceptors (Lipinski definition) is 9. The number of methoxy groups -OCH3 is 1. The summed E-state index contributed by atoms with van der Waals surface area (Å²) in [6, 6.07) is 7.90. The summed E-state index contributed by atoms with van der Waals surface area (Å²) < 4.78 is 5.54. The Labute approximate surface area is 163 Å². The van der Waals surface area contributed by atoms with Crippen molar-refractivity contribution in [3.05, 3.63) is 35.8 Å². The van der Waals surface area contributed by atoms with Crippen molar-refractivity contribution in [3.8, 4) is 0 Å². The molecule has 0 amide bonds. The number of aromatic nitrogens is 4. The smallest absolute Gasteiger partial charge is 0.345 e. The normalized spacial score (nSPS) is 14.9. The van der Waals surface area contributed by atoms with Crippen molar-refractivity contribution in [2.45, 2.75) is 23.2 Å². The van der Waals surface area contributed by atoms with Crippen molar-refractivity contribution in [1.29, 1.82) is 0 Å². The zero-order valence-corrected chi connectivity index (χ0v) is 16.1. The largest absolute Gasteiger partial charge is 0.510 e. The Hall–Kier alpha value is -2.59. The second-order valence-corrected chi connectivity index (χ2v) is 8.20. The van der Waals surface area contributed by atoms with Crippen molar-refractivity contribution in [2.24, 2.45) is 0 Å². The summed E-state index contributed by atoms with van der Waals surface area (Å²) in [5.41, 5.74) is 1.49. The highest BCUT2D eigenvalue weighted by Gasteiger charge is 2.24. The van der Waals surface area contributed by atoms with E-state index in [9.17, 15) is 9.90 Å². The van der Waals surface area contributed by atoms with Gasteiger partial charge in [0.1, 0.15) is 17.2 Å². The van der Waals surface area contributed by atoms with Gasteiger partial charge in [-0.25, -0.2) is 9.78 Å². The molecule has 0 unspecified atom stereocenters. The van der Waals surface area contributed by atoms with Gasteiger partial charge in [-0.15, -0.1) is 10.2 Å². The number of nitrogens with zero attached hydrogens (tertiary/aromatic N) is 3. The molecule has 27 heavy (non-hydrogen) atoms. The SMILES string of the molecule is COC(=O)/C(=C(/O)CSc1nnc(NC2CC2)s1)c1nc2ccccc2[nH]1. The lowest BCUT2D eigenvalue weighted by Crippen LogP contribution is -2.09. The number of carbonyl (C=O) groups is 1. The first-order chi connectivity index (χ1) is 13.1. The molecular formula is C17H17N5O3S2. The third kappa shape index (κ3) is 4.06. The molecule has 1 fully saturated rings. The summed E-state index contributed by atoms with van der Waals surface area (Å²) in [6.07, 6.45) is 2.32. The minimum Gasteiger partial charge on any atom is -0.510 e. The lowest BCUT2D eigenvalue weighted by Gasteiger charge is -2.06. The van der Waals surface area contributed by atoms with Crippen molar-refractivity contribution in [1.82, 2.24) is 20.2 Å². The highest BCUT2D eigenvalue weighted by Crippen LogP contribution is 2.31. The summed E-state index contributed by atoms with van der Waals surface area (Å²) in [5, 5.41) is 22.8. The number of anilines is 1. The van der Waals surface area contributed by atoms with Crippen LogP contribution in [-0.2, 0) is 9.53 Å². The van der Waals surface area contributed by atoms with E-state index in [4.69, 9.17) is 4.74 Å². The van der Waals surface area contributed by atoms with Crippen molar-refractivity contribution < 1.29 is 14.6 Å². The van der Waals surface area contributed by atoms with Crippen LogP contribution in [0.5, 0.6) is 0 Å². The van der Waals surface area contributed by atoms with Crippen molar-refractivity contribution in [3.63, 3.8) is 0 Å². The Balaban J connectivity index is 1.55. The van der Waals surface area contributed by atoms with E-state index in [-0.39, 0.29) is 22.9 Å². The summed E-state index contributed by atoms with van der Waals surface area (Å²) in [6.45, 7) is 0. The molecule has 1 aliphatic rings. The Morgan fingerprint density at radius 2 is 2.22 bits per heavy atom. The number of esters is 1. The number of benzene rings is 1. The maximum atomic E-state index is 12.2. The summed E-state index contributed by atoms with van der Waals surface area (Å²) in [5.74, 6) is -0.354. The number of fused-ring (bicyclic) bond motifs is 1. The van der Waals surface area contributed by atoms with Gasteiger partial charge in [-0.05, 0) is 25.0 Å². The molecule has 0 bridgehead atoms. The van der Waals surface area contributed by atoms with Gasteiger partial charge in [0.15, 0.2) is 4.34 Å². The molecule has 0 spiro atoms. The van der Waals surface area contributed by atoms with E-state index in [1.54, 1.807) is 0 Å². The quantitative estimate of drug-likeness (QED) is 0.238. The molecule has 0 atom stereocenters. The Bertz CT molecular complexity index is 976. The molecule has 10 heteroatoms. The molecule has 2 aromatic heterocycles. The van der Waals surface area contributed by atoms with Crippen LogP contribution >= 0.6 is 23.1 Å². The van der Waals surface area contributed by atoms with E-state index < -0.39 is 5.97 Å². The van der Waals surface area contributed by atoms with Crippen LogP contribution in [0.15, 0.2) is 34.4 Å². The Kier molecular flexibility index (Phi) is 4.99. The van der Waals surface area contributed by atoms with Crippen LogP contribution in [-0.4, -0.2) is 50.1 Å². The molecule has 3 aromatic rings. The number of H-pyrrole nitrogens is 1. The molecule has 2 heterocycles. The lowest BCUT2D eigenvalue weighted by atomic mass is 10.2. The van der Waals surface area contributed by atoms with Gasteiger partial charge in [0.2, 0.25) is 5.13 Å². The molecule has 1 aliphatic carbocycles. The average Bonchev–Trinajstić information content (AvgIpc) is 3.20. The lowest BCUT2D eigenvalue weighted by molar-refractivity contribution is -0.133. The van der Waals surface area contributed by atoms with Gasteiger partial charge in [0, 0.05) is 6.04 Å². The number of aliphatic hydroxyl groups excluding tert-OH is 1. The van der Waals surface area contributed by atoms with E-state index in [2.05, 4.69) is 25.5 Å². The fourth-order valence-electron chi connectivity index (χ4n) is 2.46. The van der Waals surface area contributed by atoms with Gasteiger partial charge in [-0.3, -0.25) is 0 Å². The highest BCUT2D eigenvalue weighted by molar-refractivity contribution is 8.01. The highest BCUT2D eigenvalue weighted by atomic mass is 32.2. The van der Waals surface area contributed by atoms with Crippen molar-refractivity contribution >= 4 is 50.8 Å². The number of aliphatic hydroxyl groups is 1. The topological polar surface area (TPSA) is 113 Å². The number of carbonyl (C=O) groups excluding carboxylic acids is 1. The van der Waals surface area contributed by atoms with Crippen LogP contribution in [0.3, 0.4) is 0 Å². The van der Waals surface area contributed by atoms with Crippen LogP contribution in [0, 0.1) is 0 Å². The van der Waals surface area contributed by atoms with Crippen LogP contribution in [0.4, 0.5) is 5.13 Å². The monoisotopic (exact) mass is 403 g/mol. The summed E-state index contributed by atoms with van der Waals surface area (Å²) in [7, 11) is 1.27. The zero-order chi connectivity index (χ0) is 18.8. The van der Waals surface area contributed by atoms with Gasteiger partial charge in [-0.2, -0.15) is 0 Å². The van der Waals surface area contributed by atoms with Crippen LogP contribution in [0.1, 0.15) is 18.7 Å². The van der Waals surface area contributed by atoms with E-state index in [1.807, 2.05) is 24.3 Å². The number of nitrogens with one attached hydrogen (secondary N) is 2. The van der Waals surface area contributed by atoms with E-state index in [1.165, 1.54) is 30.2 Å². The van der Waals surface area contributed by atoms with E-state index in [0.29, 0.717) is 15.9 Å². The maximum Gasteiger partial charge on any atom is 0.345 e. The number of thioether (sulfide) groups is 1. The molecule has 1 saturated carbocycles. The average molecular weight is 403 g/mol. The molecule has 0 radical (unpaired) electrons. The second kappa shape index (κ2) is 7.57. The Morgan fingerprint density at radius 1 is 1.41 bits per heavy atom. The molecule has 140 valence electrons. The Morgan fingerprint density at radius 3 is 2.96 bits per heavy atom. The molecule has 1 aromatic carbocycles. The number of aromatic amines is 1. The summed E-state index contributed by atoms with van der Waals surface area (Å²) >= 11 is 2.73. The second-order valence-electron chi connectivity index (χ2n) is 6.00. The summed E-state index contributed by atoms with van der Waals surface area (Å²) in [4.78, 5) is 19.7. The number of hydrogen-bond donors (Lipinski definition) is 3. The zero-order valence-electron chi connectivity index (χ0n) is 14.4. The standard InChI is InChI=1S/C17H17N5O3S2/c1-25-15(24)13(14-19-10-4-2-3-5-11(10)20-14)12(23)8-26-17-22-21-16(27-17)18-9-6-7-9/h2-5,9,23H,6-8H2,1H3,(H,18,21)(H,19,20)/b13-12+. The molecule has 4 rings (SSSR count). The maximum absolute atomic E-state index is 12.2. The van der Waals surface area contributed by atoms with Gasteiger partial charge < -0.3 is 20.1 Å². The number of para-hydroxylation sites is 2. The first-order valence-electron chi connectivity index (χ1n) is 8.32. The first kappa shape index (κ1) is 17.8. The van der Waals surface area contributed by atoms with Gasteiger partial charge >= 0.3 is 5.97 Å². The molecule has 3 N–H and O–H groups in total. The predicted molar refractivity (Wildman–Crippen MR) is 105 cm³/mol. The predicted octanol–water partition coefficient (Wildman–Crippen LogP) is 3.22. The third-order valence-electron chi connectivity index (χ3n) is 3.95. The van der Waals surface area contributed by atoms with Gasteiger partial charge in [0.25, 0.3) is 0 Å². The minimum absolute atomic E-state index is 0.0158. The van der Waals surface area contributed by atoms with E-state index >= 15 is 0 Å². The van der Waals surface area contributed by atoms with E-state index in [0.717, 1.165) is 23.5 Å². The third-order valence-corrected chi connectivity index (χ3v) is 5.95. The van der Waals surface area contributed by atoms with Gasteiger partial charge in [-0.1, -0.05) is 35.2 Å². The fraction of sp³-hybridized carbons (Fsp3) is 0.294. The number of imidazole rings is 1. The van der Waals surface area contributed by atoms with Crippen molar-refractivity contribution in [2.75, 3.05) is 18.2 Å². The van der Waals surface area contributed by atoms with Crippen LogP contribution < -0.4 is 5.32 Å². The molecule has 0 saturated heterocycles. The van der Waals surface area contributed by atoms with Gasteiger partial charge in [0.05, 0.1) is 23.9 Å². The first-order valence-corrected chi connectivity index (χ1v) is 10.1.